The number of rotatable bonds is 4. The highest BCUT2D eigenvalue weighted by Crippen LogP contribution is 2.29. The molecule has 0 fully saturated rings. The predicted octanol–water partition coefficient (Wildman–Crippen LogP) is 2.58. The second-order valence-corrected chi connectivity index (χ2v) is 5.49. The molecule has 0 unspecified atom stereocenters. The van der Waals surface area contributed by atoms with Crippen molar-refractivity contribution in [1.29, 1.82) is 0 Å². The first-order chi connectivity index (χ1) is 9.77. The Morgan fingerprint density at radius 2 is 2.14 bits per heavy atom. The van der Waals surface area contributed by atoms with Gasteiger partial charge < -0.3 is 11.1 Å². The Morgan fingerprint density at radius 3 is 2.67 bits per heavy atom. The van der Waals surface area contributed by atoms with Crippen molar-refractivity contribution in [2.24, 2.45) is 5.73 Å². The second-order valence-electron chi connectivity index (χ2n) is 4.17. The molecule has 112 valence electrons. The zero-order valence-corrected chi connectivity index (χ0v) is 11.7. The van der Waals surface area contributed by atoms with Gasteiger partial charge >= 0.3 is 6.18 Å². The number of aryl methyl sites for hydroxylation is 1. The maximum atomic E-state index is 12.7. The molecule has 2 aromatic rings. The van der Waals surface area contributed by atoms with E-state index >= 15 is 0 Å². The Kier molecular flexibility index (Phi) is 4.12. The number of anilines is 1. The van der Waals surface area contributed by atoms with E-state index in [-0.39, 0.29) is 17.9 Å². The minimum absolute atomic E-state index is 0.101. The van der Waals surface area contributed by atoms with E-state index < -0.39 is 17.8 Å². The van der Waals surface area contributed by atoms with Gasteiger partial charge in [-0.15, -0.1) is 11.3 Å². The van der Waals surface area contributed by atoms with Crippen LogP contribution in [-0.4, -0.2) is 15.9 Å². The van der Waals surface area contributed by atoms with Crippen molar-refractivity contribution in [1.82, 2.24) is 9.97 Å². The van der Waals surface area contributed by atoms with Gasteiger partial charge in [0, 0.05) is 11.1 Å². The van der Waals surface area contributed by atoms with Crippen molar-refractivity contribution >= 4 is 23.1 Å². The van der Waals surface area contributed by atoms with Gasteiger partial charge in [-0.1, -0.05) is 0 Å². The summed E-state index contributed by atoms with van der Waals surface area (Å²) in [7, 11) is 0. The average Bonchev–Trinajstić information content (AvgIpc) is 2.80. The monoisotopic (exact) mass is 316 g/mol. The van der Waals surface area contributed by atoms with E-state index in [0.717, 1.165) is 17.0 Å². The van der Waals surface area contributed by atoms with Gasteiger partial charge in [-0.3, -0.25) is 4.79 Å². The number of pyridine rings is 1. The molecule has 3 N–H and O–H groups in total. The van der Waals surface area contributed by atoms with Crippen LogP contribution in [0.15, 0.2) is 18.3 Å². The highest BCUT2D eigenvalue weighted by atomic mass is 32.1. The Bertz CT molecular complexity index is 669. The summed E-state index contributed by atoms with van der Waals surface area (Å²) in [6.07, 6.45) is -2.94. The minimum atomic E-state index is -4.59. The van der Waals surface area contributed by atoms with Gasteiger partial charge in [-0.2, -0.15) is 13.2 Å². The van der Waals surface area contributed by atoms with Crippen LogP contribution < -0.4 is 11.1 Å². The van der Waals surface area contributed by atoms with E-state index in [9.17, 15) is 18.0 Å². The summed E-state index contributed by atoms with van der Waals surface area (Å²) in [4.78, 5) is 19.7. The lowest BCUT2D eigenvalue weighted by atomic mass is 10.2. The molecule has 1 amide bonds. The molecule has 0 saturated carbocycles. The maximum absolute atomic E-state index is 12.7. The van der Waals surface area contributed by atoms with E-state index in [0.29, 0.717) is 5.01 Å². The van der Waals surface area contributed by atoms with E-state index in [1.807, 2.05) is 6.92 Å². The molecule has 0 saturated heterocycles. The summed E-state index contributed by atoms with van der Waals surface area (Å²) in [6.45, 7) is 2.02. The molecule has 2 heterocycles. The number of thiazole rings is 1. The van der Waals surface area contributed by atoms with Crippen molar-refractivity contribution in [2.75, 3.05) is 5.32 Å². The van der Waals surface area contributed by atoms with Gasteiger partial charge in [0.15, 0.2) is 0 Å². The van der Waals surface area contributed by atoms with Crippen molar-refractivity contribution in [2.45, 2.75) is 19.6 Å². The molecule has 0 aromatic carbocycles. The maximum Gasteiger partial charge on any atom is 0.433 e. The van der Waals surface area contributed by atoms with Crippen LogP contribution in [0.5, 0.6) is 0 Å². The molecule has 0 atom stereocenters. The average molecular weight is 316 g/mol. The smallest absolute Gasteiger partial charge is 0.365 e. The Labute approximate surface area is 122 Å². The highest BCUT2D eigenvalue weighted by molar-refractivity contribution is 7.11. The quantitative estimate of drug-likeness (QED) is 0.908. The molecule has 0 aliphatic heterocycles. The van der Waals surface area contributed by atoms with Crippen LogP contribution in [0, 0.1) is 6.92 Å². The number of carbonyl (C=O) groups is 1. The predicted molar refractivity (Wildman–Crippen MR) is 71.9 cm³/mol. The number of nitrogens with two attached hydrogens (primary N) is 1. The van der Waals surface area contributed by atoms with Gasteiger partial charge in [0.25, 0.3) is 5.91 Å². The molecule has 2 aromatic heterocycles. The summed E-state index contributed by atoms with van der Waals surface area (Å²) in [5.74, 6) is -1.06. The number of aromatic nitrogens is 2. The lowest BCUT2D eigenvalue weighted by molar-refractivity contribution is -0.141. The summed E-state index contributed by atoms with van der Waals surface area (Å²) in [5, 5.41) is 3.34. The molecule has 0 radical (unpaired) electrons. The first kappa shape index (κ1) is 15.2. The molecule has 0 bridgehead atoms. The lowest BCUT2D eigenvalue weighted by Gasteiger charge is -2.11. The Balaban J connectivity index is 2.28. The number of hydrogen-bond donors (Lipinski definition) is 2. The van der Waals surface area contributed by atoms with Gasteiger partial charge in [0.05, 0.1) is 12.1 Å². The Hall–Kier alpha value is -2.16. The first-order valence-corrected chi connectivity index (χ1v) is 6.62. The van der Waals surface area contributed by atoms with E-state index in [4.69, 9.17) is 5.73 Å². The van der Waals surface area contributed by atoms with E-state index in [2.05, 4.69) is 15.3 Å². The molecule has 2 rings (SSSR count). The number of primary amides is 1. The number of amides is 1. The zero-order chi connectivity index (χ0) is 15.6. The molecular formula is C12H11F3N4OS. The van der Waals surface area contributed by atoms with Crippen molar-refractivity contribution in [3.63, 3.8) is 0 Å². The second kappa shape index (κ2) is 5.68. The molecule has 9 heteroatoms. The fraction of sp³-hybridized carbons (Fsp3) is 0.250. The van der Waals surface area contributed by atoms with Crippen LogP contribution >= 0.6 is 11.3 Å². The topological polar surface area (TPSA) is 80.9 Å². The molecule has 0 aliphatic rings. The van der Waals surface area contributed by atoms with Gasteiger partial charge in [-0.25, -0.2) is 9.97 Å². The number of nitrogens with zero attached hydrogens (tertiary/aromatic N) is 2. The van der Waals surface area contributed by atoms with Crippen LogP contribution in [-0.2, 0) is 12.7 Å². The molecule has 21 heavy (non-hydrogen) atoms. The van der Waals surface area contributed by atoms with E-state index in [1.54, 1.807) is 6.20 Å². The van der Waals surface area contributed by atoms with Crippen LogP contribution in [0.3, 0.4) is 0 Å². The van der Waals surface area contributed by atoms with E-state index in [1.165, 1.54) is 11.3 Å². The van der Waals surface area contributed by atoms with Gasteiger partial charge in [-0.05, 0) is 19.1 Å². The number of hydrogen-bond acceptors (Lipinski definition) is 5. The number of carbonyl (C=O) groups excluding carboxylic acids is 1. The summed E-state index contributed by atoms with van der Waals surface area (Å²) < 4.78 is 38.0. The van der Waals surface area contributed by atoms with Crippen molar-refractivity contribution in [3.8, 4) is 0 Å². The fourth-order valence-electron chi connectivity index (χ4n) is 1.59. The van der Waals surface area contributed by atoms with Gasteiger partial charge in [0.2, 0.25) is 0 Å². The molecule has 0 aliphatic carbocycles. The zero-order valence-electron chi connectivity index (χ0n) is 10.9. The largest absolute Gasteiger partial charge is 0.433 e. The number of nitrogens with one attached hydrogen (secondary N) is 1. The molecular weight excluding hydrogens is 305 g/mol. The highest BCUT2D eigenvalue weighted by Gasteiger charge is 2.33. The fourth-order valence-corrected chi connectivity index (χ4v) is 2.32. The van der Waals surface area contributed by atoms with Crippen molar-refractivity contribution in [3.05, 3.63) is 39.5 Å². The van der Waals surface area contributed by atoms with Crippen LogP contribution in [0.1, 0.15) is 25.9 Å². The normalized spacial score (nSPS) is 11.4. The third-order valence-corrected chi connectivity index (χ3v) is 3.44. The Morgan fingerprint density at radius 1 is 1.43 bits per heavy atom. The van der Waals surface area contributed by atoms with Gasteiger partial charge in [0.1, 0.15) is 16.5 Å². The minimum Gasteiger partial charge on any atom is -0.365 e. The number of alkyl halides is 3. The van der Waals surface area contributed by atoms with Crippen LogP contribution in [0.25, 0.3) is 0 Å². The van der Waals surface area contributed by atoms with Crippen LogP contribution in [0.4, 0.5) is 19.0 Å². The first-order valence-electron chi connectivity index (χ1n) is 5.80. The number of halogens is 3. The standard InChI is InChI=1S/C12H11F3N4OS/c1-6-4-17-9(21-6)5-18-11-7(10(16)20)2-3-8(19-11)12(13,14)15/h2-4H,5H2,1H3,(H2,16,20)(H,18,19). The molecule has 5 nitrogen and oxygen atoms in total. The summed E-state index contributed by atoms with van der Waals surface area (Å²) in [5.41, 5.74) is 3.94. The molecule has 0 spiro atoms. The third-order valence-electron chi connectivity index (χ3n) is 2.53. The van der Waals surface area contributed by atoms with Crippen molar-refractivity contribution < 1.29 is 18.0 Å². The lowest BCUT2D eigenvalue weighted by Crippen LogP contribution is -2.18. The third kappa shape index (κ3) is 3.69. The summed E-state index contributed by atoms with van der Waals surface area (Å²) in [6, 6.07) is 1.73. The summed E-state index contributed by atoms with van der Waals surface area (Å²) >= 11 is 1.39. The SMILES string of the molecule is Cc1cnc(CNc2nc(C(F)(F)F)ccc2C(N)=O)s1. The van der Waals surface area contributed by atoms with Crippen LogP contribution in [0.2, 0.25) is 0 Å².